The fourth-order valence-corrected chi connectivity index (χ4v) is 2.29. The monoisotopic (exact) mass is 334 g/mol. The minimum atomic E-state index is 0.206. The van der Waals surface area contributed by atoms with Crippen molar-refractivity contribution in [2.75, 3.05) is 24.8 Å². The van der Waals surface area contributed by atoms with Crippen LogP contribution in [-0.4, -0.2) is 24.8 Å². The number of hydrogen-bond donors (Lipinski definition) is 0. The molecule has 0 aromatic heterocycles. The predicted octanol–water partition coefficient (Wildman–Crippen LogP) is 3.52. The highest BCUT2D eigenvalue weighted by Gasteiger charge is 2.09. The van der Waals surface area contributed by atoms with Gasteiger partial charge in [0, 0.05) is 24.8 Å². The molecule has 1 aromatic rings. The van der Waals surface area contributed by atoms with Crippen molar-refractivity contribution in [3.63, 3.8) is 0 Å². The average Bonchev–Trinajstić information content (AvgIpc) is 2.29. The maximum Gasteiger partial charge on any atom is 0.0914 e. The summed E-state index contributed by atoms with van der Waals surface area (Å²) >= 11 is 2.37. The van der Waals surface area contributed by atoms with Gasteiger partial charge >= 0.3 is 0 Å². The molecular formula is C13H19IO2. The van der Waals surface area contributed by atoms with Crippen molar-refractivity contribution in [3.8, 4) is 0 Å². The Morgan fingerprint density at radius 3 is 2.75 bits per heavy atom. The van der Waals surface area contributed by atoms with E-state index in [9.17, 15) is 0 Å². The number of methoxy groups -OCH3 is 1. The van der Waals surface area contributed by atoms with Crippen LogP contribution in [0.1, 0.15) is 23.7 Å². The Kier molecular flexibility index (Phi) is 7.00. The van der Waals surface area contributed by atoms with Gasteiger partial charge in [-0.3, -0.25) is 0 Å². The molecule has 0 aliphatic heterocycles. The zero-order chi connectivity index (χ0) is 11.8. The number of benzene rings is 1. The molecule has 0 N–H and O–H groups in total. The van der Waals surface area contributed by atoms with Crippen molar-refractivity contribution in [2.24, 2.45) is 0 Å². The molecule has 3 heteroatoms. The van der Waals surface area contributed by atoms with Crippen LogP contribution < -0.4 is 0 Å². The quantitative estimate of drug-likeness (QED) is 0.432. The highest BCUT2D eigenvalue weighted by atomic mass is 127. The second-order valence-electron chi connectivity index (χ2n) is 3.77. The maximum atomic E-state index is 5.85. The van der Waals surface area contributed by atoms with Crippen molar-refractivity contribution >= 4 is 22.6 Å². The summed E-state index contributed by atoms with van der Waals surface area (Å²) in [6.45, 7) is 3.63. The molecule has 0 aliphatic rings. The molecule has 1 rings (SSSR count). The summed E-state index contributed by atoms with van der Waals surface area (Å²) in [6, 6.07) is 8.52. The molecule has 0 spiro atoms. The van der Waals surface area contributed by atoms with Gasteiger partial charge in [0.2, 0.25) is 0 Å². The average molecular weight is 334 g/mol. The van der Waals surface area contributed by atoms with Gasteiger partial charge in [-0.15, -0.1) is 0 Å². The van der Waals surface area contributed by atoms with Gasteiger partial charge < -0.3 is 9.47 Å². The zero-order valence-electron chi connectivity index (χ0n) is 9.91. The van der Waals surface area contributed by atoms with E-state index in [0.717, 1.165) is 24.1 Å². The first-order valence-electron chi connectivity index (χ1n) is 5.51. The maximum absolute atomic E-state index is 5.85. The molecule has 0 fully saturated rings. The van der Waals surface area contributed by atoms with Crippen LogP contribution >= 0.6 is 22.6 Å². The highest BCUT2D eigenvalue weighted by molar-refractivity contribution is 14.1. The number of halogens is 1. The fourth-order valence-electron chi connectivity index (χ4n) is 1.53. The van der Waals surface area contributed by atoms with Gasteiger partial charge in [-0.1, -0.05) is 52.4 Å². The second kappa shape index (κ2) is 8.03. The van der Waals surface area contributed by atoms with Gasteiger partial charge in [-0.2, -0.15) is 0 Å². The summed E-state index contributed by atoms with van der Waals surface area (Å²) < 4.78 is 11.8. The third-order valence-electron chi connectivity index (χ3n) is 2.37. The molecule has 0 amide bonds. The van der Waals surface area contributed by atoms with Crippen molar-refractivity contribution in [2.45, 2.75) is 19.4 Å². The van der Waals surface area contributed by atoms with E-state index in [0.29, 0.717) is 0 Å². The van der Waals surface area contributed by atoms with Gasteiger partial charge in [0.1, 0.15) is 0 Å². The first-order chi connectivity index (χ1) is 7.77. The largest absolute Gasteiger partial charge is 0.385 e. The van der Waals surface area contributed by atoms with Crippen LogP contribution in [0.4, 0.5) is 0 Å². The highest BCUT2D eigenvalue weighted by Crippen LogP contribution is 2.21. The van der Waals surface area contributed by atoms with E-state index in [1.165, 1.54) is 11.1 Å². The molecule has 90 valence electrons. The Morgan fingerprint density at radius 2 is 2.12 bits per heavy atom. The van der Waals surface area contributed by atoms with Gasteiger partial charge in [-0.25, -0.2) is 0 Å². The lowest BCUT2D eigenvalue weighted by Crippen LogP contribution is -2.08. The van der Waals surface area contributed by atoms with Crippen molar-refractivity contribution in [1.82, 2.24) is 0 Å². The molecule has 1 atom stereocenters. The summed E-state index contributed by atoms with van der Waals surface area (Å²) in [4.78, 5) is 0. The topological polar surface area (TPSA) is 18.5 Å². The Morgan fingerprint density at radius 1 is 1.31 bits per heavy atom. The predicted molar refractivity (Wildman–Crippen MR) is 75.3 cm³/mol. The SMILES string of the molecule is COCCCOC(CI)c1cccc(C)c1. The third kappa shape index (κ3) is 4.80. The van der Waals surface area contributed by atoms with Crippen molar-refractivity contribution in [1.29, 1.82) is 0 Å². The van der Waals surface area contributed by atoms with Gasteiger partial charge in [0.25, 0.3) is 0 Å². The normalized spacial score (nSPS) is 12.7. The lowest BCUT2D eigenvalue weighted by Gasteiger charge is -2.16. The van der Waals surface area contributed by atoms with Crippen molar-refractivity contribution in [3.05, 3.63) is 35.4 Å². The molecule has 1 unspecified atom stereocenters. The minimum Gasteiger partial charge on any atom is -0.385 e. The van der Waals surface area contributed by atoms with Crippen LogP contribution in [-0.2, 0) is 9.47 Å². The Hall–Kier alpha value is -0.130. The van der Waals surface area contributed by atoms with E-state index in [2.05, 4.69) is 53.8 Å². The summed E-state index contributed by atoms with van der Waals surface area (Å²) in [5.74, 6) is 0. The molecule has 2 nitrogen and oxygen atoms in total. The molecule has 0 saturated carbocycles. The Bertz CT molecular complexity index is 302. The van der Waals surface area contributed by atoms with Crippen molar-refractivity contribution < 1.29 is 9.47 Å². The van der Waals surface area contributed by atoms with E-state index >= 15 is 0 Å². The number of hydrogen-bond acceptors (Lipinski definition) is 2. The second-order valence-corrected chi connectivity index (χ2v) is 4.66. The first kappa shape index (κ1) is 13.9. The summed E-state index contributed by atoms with van der Waals surface area (Å²) in [5, 5.41) is 0. The summed E-state index contributed by atoms with van der Waals surface area (Å²) in [5.41, 5.74) is 2.56. The van der Waals surface area contributed by atoms with Crippen LogP contribution in [0.5, 0.6) is 0 Å². The van der Waals surface area contributed by atoms with Gasteiger partial charge in [0.15, 0.2) is 0 Å². The van der Waals surface area contributed by atoms with Crippen LogP contribution in [0, 0.1) is 6.92 Å². The van der Waals surface area contributed by atoms with Gasteiger partial charge in [-0.05, 0) is 18.9 Å². The van der Waals surface area contributed by atoms with E-state index in [4.69, 9.17) is 9.47 Å². The molecule has 0 bridgehead atoms. The third-order valence-corrected chi connectivity index (χ3v) is 3.17. The van der Waals surface area contributed by atoms with E-state index in [1.54, 1.807) is 7.11 Å². The lowest BCUT2D eigenvalue weighted by molar-refractivity contribution is 0.0542. The van der Waals surface area contributed by atoms with Gasteiger partial charge in [0.05, 0.1) is 6.10 Å². The summed E-state index contributed by atoms with van der Waals surface area (Å²) in [7, 11) is 1.72. The molecule has 0 radical (unpaired) electrons. The molecule has 16 heavy (non-hydrogen) atoms. The lowest BCUT2D eigenvalue weighted by atomic mass is 10.1. The fraction of sp³-hybridized carbons (Fsp3) is 0.538. The molecule has 0 saturated heterocycles. The zero-order valence-corrected chi connectivity index (χ0v) is 12.1. The molecular weight excluding hydrogens is 315 g/mol. The number of rotatable bonds is 7. The molecule has 1 aromatic carbocycles. The van der Waals surface area contributed by atoms with Crippen LogP contribution in [0.25, 0.3) is 0 Å². The van der Waals surface area contributed by atoms with Crippen LogP contribution in [0.3, 0.4) is 0 Å². The Balaban J connectivity index is 2.47. The van der Waals surface area contributed by atoms with E-state index < -0.39 is 0 Å². The minimum absolute atomic E-state index is 0.206. The smallest absolute Gasteiger partial charge is 0.0914 e. The van der Waals surface area contributed by atoms with E-state index in [1.807, 2.05) is 0 Å². The standard InChI is InChI=1S/C13H19IO2/c1-11-5-3-6-12(9-11)13(10-14)16-8-4-7-15-2/h3,5-6,9,13H,4,7-8,10H2,1-2H3. The van der Waals surface area contributed by atoms with E-state index in [-0.39, 0.29) is 6.10 Å². The first-order valence-corrected chi connectivity index (χ1v) is 7.03. The van der Waals surface area contributed by atoms with Crippen LogP contribution in [0.15, 0.2) is 24.3 Å². The number of aryl methyl sites for hydroxylation is 1. The Labute approximate surface area is 111 Å². The van der Waals surface area contributed by atoms with Crippen LogP contribution in [0.2, 0.25) is 0 Å². The molecule has 0 heterocycles. The summed E-state index contributed by atoms with van der Waals surface area (Å²) in [6.07, 6.45) is 1.16. The number of alkyl halides is 1. The molecule has 0 aliphatic carbocycles. The number of ether oxygens (including phenoxy) is 2.